The van der Waals surface area contributed by atoms with Gasteiger partial charge in [-0.1, -0.05) is 59.6 Å². The van der Waals surface area contributed by atoms with Gasteiger partial charge in [0.1, 0.15) is 0 Å². The van der Waals surface area contributed by atoms with Gasteiger partial charge in [-0.05, 0) is 43.5 Å². The van der Waals surface area contributed by atoms with Crippen molar-refractivity contribution in [3.8, 4) is 22.5 Å². The Morgan fingerprint density at radius 3 is 2.54 bits per heavy atom. The lowest BCUT2D eigenvalue weighted by Gasteiger charge is -2.32. The third-order valence-electron chi connectivity index (χ3n) is 5.53. The van der Waals surface area contributed by atoms with Crippen LogP contribution in [-0.4, -0.2) is 19.6 Å². The largest absolute Gasteiger partial charge is 0.251 e. The number of aromatic nitrogens is 4. The first-order chi connectivity index (χ1) is 13.3. The Hall–Kier alpha value is -2.53. The zero-order valence-corrected chi connectivity index (χ0v) is 18.0. The Kier molecular flexibility index (Phi) is 3.75. The first kappa shape index (κ1) is 17.6. The first-order valence-corrected chi connectivity index (χ1v) is 10.3. The van der Waals surface area contributed by atoms with Gasteiger partial charge in [-0.25, -0.2) is 14.5 Å². The van der Waals surface area contributed by atoms with E-state index in [0.717, 1.165) is 33.5 Å². The van der Waals surface area contributed by atoms with Crippen molar-refractivity contribution >= 4 is 21.7 Å². The summed E-state index contributed by atoms with van der Waals surface area (Å²) in [5, 5.41) is 4.98. The third-order valence-corrected chi connectivity index (χ3v) is 6.05. The molecular weight excluding hydrogens is 412 g/mol. The number of rotatable bonds is 1. The fourth-order valence-corrected chi connectivity index (χ4v) is 4.57. The van der Waals surface area contributed by atoms with Gasteiger partial charge >= 0.3 is 0 Å². The molecule has 5 rings (SSSR count). The number of nitrogens with zero attached hydrogens (tertiary/aromatic N) is 4. The second-order valence-electron chi connectivity index (χ2n) is 8.36. The molecule has 0 unspecified atom stereocenters. The van der Waals surface area contributed by atoms with Crippen molar-refractivity contribution in [3.63, 3.8) is 0 Å². The standard InChI is InChI=1S/C23H21BrN4/c1-13-9-14(2)19-16(10-13)11-23(3,4)21-20(19)26-22-25-18(12-28(22)27-21)15-5-7-17(24)8-6-15/h5-10,12H,11H2,1-4H3. The lowest BCUT2D eigenvalue weighted by molar-refractivity contribution is 0.486. The van der Waals surface area contributed by atoms with Crippen molar-refractivity contribution in [2.75, 3.05) is 0 Å². The molecule has 1 aliphatic rings. The van der Waals surface area contributed by atoms with Crippen molar-refractivity contribution in [1.29, 1.82) is 0 Å². The van der Waals surface area contributed by atoms with Crippen LogP contribution in [0.4, 0.5) is 0 Å². The van der Waals surface area contributed by atoms with E-state index in [9.17, 15) is 0 Å². The Morgan fingerprint density at radius 1 is 1.04 bits per heavy atom. The summed E-state index contributed by atoms with van der Waals surface area (Å²) < 4.78 is 2.88. The van der Waals surface area contributed by atoms with Crippen LogP contribution in [0.1, 0.15) is 36.2 Å². The van der Waals surface area contributed by atoms with E-state index < -0.39 is 0 Å². The maximum Gasteiger partial charge on any atom is 0.251 e. The van der Waals surface area contributed by atoms with Gasteiger partial charge in [0, 0.05) is 21.0 Å². The molecule has 2 heterocycles. The van der Waals surface area contributed by atoms with E-state index >= 15 is 0 Å². The highest BCUT2D eigenvalue weighted by molar-refractivity contribution is 9.10. The van der Waals surface area contributed by atoms with Crippen LogP contribution < -0.4 is 0 Å². The van der Waals surface area contributed by atoms with E-state index in [1.807, 2.05) is 22.8 Å². The molecule has 0 amide bonds. The Balaban J connectivity index is 1.75. The molecule has 5 heteroatoms. The molecule has 2 aromatic carbocycles. The fraction of sp³-hybridized carbons (Fsp3) is 0.261. The molecule has 0 atom stereocenters. The van der Waals surface area contributed by atoms with Gasteiger partial charge in [0.25, 0.3) is 5.78 Å². The summed E-state index contributed by atoms with van der Waals surface area (Å²) in [5.74, 6) is 0.639. The normalized spacial score (nSPS) is 14.8. The summed E-state index contributed by atoms with van der Waals surface area (Å²) in [6, 6.07) is 12.7. The summed E-state index contributed by atoms with van der Waals surface area (Å²) in [5.41, 5.74) is 9.01. The lowest BCUT2D eigenvalue weighted by atomic mass is 9.73. The number of hydrogen-bond donors (Lipinski definition) is 0. The number of aryl methyl sites for hydroxylation is 2. The van der Waals surface area contributed by atoms with E-state index in [4.69, 9.17) is 15.1 Å². The molecule has 0 saturated heterocycles. The van der Waals surface area contributed by atoms with Gasteiger partial charge in [0.15, 0.2) is 0 Å². The van der Waals surface area contributed by atoms with E-state index in [-0.39, 0.29) is 5.41 Å². The lowest BCUT2D eigenvalue weighted by Crippen LogP contribution is -2.29. The molecular formula is C23H21BrN4. The molecule has 0 radical (unpaired) electrons. The number of benzene rings is 2. The molecule has 0 spiro atoms. The van der Waals surface area contributed by atoms with Gasteiger partial charge in [-0.2, -0.15) is 5.10 Å². The van der Waals surface area contributed by atoms with Crippen LogP contribution in [0.15, 0.2) is 47.1 Å². The monoisotopic (exact) mass is 432 g/mol. The second kappa shape index (κ2) is 5.98. The van der Waals surface area contributed by atoms with E-state index in [2.05, 4.69) is 67.9 Å². The molecule has 0 bridgehead atoms. The molecule has 1 aliphatic carbocycles. The van der Waals surface area contributed by atoms with Crippen molar-refractivity contribution in [3.05, 3.63) is 69.5 Å². The number of halogens is 1. The van der Waals surface area contributed by atoms with Crippen molar-refractivity contribution in [2.24, 2.45) is 0 Å². The molecule has 4 aromatic rings. The quantitative estimate of drug-likeness (QED) is 0.389. The first-order valence-electron chi connectivity index (χ1n) is 9.46. The minimum absolute atomic E-state index is 0.0776. The van der Waals surface area contributed by atoms with E-state index in [1.54, 1.807) is 0 Å². The fourth-order valence-electron chi connectivity index (χ4n) is 4.30. The molecule has 4 nitrogen and oxygen atoms in total. The minimum atomic E-state index is -0.0776. The average molecular weight is 433 g/mol. The Labute approximate surface area is 172 Å². The highest BCUT2D eigenvalue weighted by atomic mass is 79.9. The topological polar surface area (TPSA) is 43.1 Å². The smallest absolute Gasteiger partial charge is 0.209 e. The number of imidazole rings is 1. The van der Waals surface area contributed by atoms with Crippen LogP contribution in [0.5, 0.6) is 0 Å². The molecule has 0 fully saturated rings. The Morgan fingerprint density at radius 2 is 1.79 bits per heavy atom. The predicted molar refractivity (Wildman–Crippen MR) is 116 cm³/mol. The highest BCUT2D eigenvalue weighted by Crippen LogP contribution is 2.42. The van der Waals surface area contributed by atoms with Crippen LogP contribution >= 0.6 is 15.9 Å². The predicted octanol–water partition coefficient (Wildman–Crippen LogP) is 5.67. The van der Waals surface area contributed by atoms with Crippen molar-refractivity contribution in [2.45, 2.75) is 39.5 Å². The molecule has 28 heavy (non-hydrogen) atoms. The summed E-state index contributed by atoms with van der Waals surface area (Å²) >= 11 is 3.49. The van der Waals surface area contributed by atoms with Crippen LogP contribution in [0.25, 0.3) is 28.3 Å². The zero-order chi connectivity index (χ0) is 19.6. The van der Waals surface area contributed by atoms with Crippen LogP contribution in [0.3, 0.4) is 0 Å². The second-order valence-corrected chi connectivity index (χ2v) is 9.28. The van der Waals surface area contributed by atoms with Gasteiger partial charge in [0.05, 0.1) is 23.3 Å². The van der Waals surface area contributed by atoms with Gasteiger partial charge in [0.2, 0.25) is 0 Å². The molecule has 140 valence electrons. The Bertz CT molecular complexity index is 1240. The van der Waals surface area contributed by atoms with Crippen molar-refractivity contribution < 1.29 is 0 Å². The van der Waals surface area contributed by atoms with Crippen LogP contribution in [0, 0.1) is 13.8 Å². The van der Waals surface area contributed by atoms with Gasteiger partial charge < -0.3 is 0 Å². The molecule has 0 aliphatic heterocycles. The SMILES string of the molecule is Cc1cc(C)c2c(c1)CC(C)(C)c1nn3cc(-c4ccc(Br)cc4)nc3nc1-2. The highest BCUT2D eigenvalue weighted by Gasteiger charge is 2.35. The zero-order valence-electron chi connectivity index (χ0n) is 16.4. The maximum atomic E-state index is 4.99. The third kappa shape index (κ3) is 2.68. The van der Waals surface area contributed by atoms with Gasteiger partial charge in [-0.3, -0.25) is 0 Å². The van der Waals surface area contributed by atoms with E-state index in [1.165, 1.54) is 22.3 Å². The summed E-state index contributed by atoms with van der Waals surface area (Å²) in [4.78, 5) is 9.75. The van der Waals surface area contributed by atoms with Gasteiger partial charge in [-0.15, -0.1) is 0 Å². The van der Waals surface area contributed by atoms with Crippen LogP contribution in [-0.2, 0) is 11.8 Å². The summed E-state index contributed by atoms with van der Waals surface area (Å²) in [6.07, 6.45) is 2.94. The summed E-state index contributed by atoms with van der Waals surface area (Å²) in [7, 11) is 0. The molecule has 2 aromatic heterocycles. The van der Waals surface area contributed by atoms with E-state index in [0.29, 0.717) is 5.78 Å². The average Bonchev–Trinajstić information content (AvgIpc) is 3.03. The van der Waals surface area contributed by atoms with Crippen molar-refractivity contribution in [1.82, 2.24) is 19.6 Å². The number of hydrogen-bond acceptors (Lipinski definition) is 3. The molecule has 0 saturated carbocycles. The minimum Gasteiger partial charge on any atom is -0.209 e. The number of fused-ring (bicyclic) bond motifs is 4. The molecule has 0 N–H and O–H groups in total. The maximum absolute atomic E-state index is 4.99. The van der Waals surface area contributed by atoms with Crippen LogP contribution in [0.2, 0.25) is 0 Å². The summed E-state index contributed by atoms with van der Waals surface area (Å²) in [6.45, 7) is 8.82.